The summed E-state index contributed by atoms with van der Waals surface area (Å²) in [6.45, 7) is 13.5. The fourth-order valence-corrected chi connectivity index (χ4v) is 1.93. The summed E-state index contributed by atoms with van der Waals surface area (Å²) in [5.74, 6) is -0.307. The molecule has 0 aromatic heterocycles. The van der Waals surface area contributed by atoms with Crippen LogP contribution in [-0.2, 0) is 9.53 Å². The van der Waals surface area contributed by atoms with E-state index in [9.17, 15) is 4.79 Å². The van der Waals surface area contributed by atoms with Crippen LogP contribution >= 0.6 is 0 Å². The van der Waals surface area contributed by atoms with E-state index in [1.165, 1.54) is 0 Å². The van der Waals surface area contributed by atoms with Gasteiger partial charge in [0, 0.05) is 36.7 Å². The van der Waals surface area contributed by atoms with E-state index in [0.717, 1.165) is 12.1 Å². The Balaban J connectivity index is 2.69. The van der Waals surface area contributed by atoms with Gasteiger partial charge in [0.05, 0.1) is 0 Å². The van der Waals surface area contributed by atoms with Crippen molar-refractivity contribution in [3.63, 3.8) is 0 Å². The second kappa shape index (κ2) is 4.32. The Labute approximate surface area is 97.8 Å². The van der Waals surface area contributed by atoms with Gasteiger partial charge in [-0.25, -0.2) is 4.79 Å². The number of nitrogens with zero attached hydrogens (tertiary/aromatic N) is 1. The van der Waals surface area contributed by atoms with Gasteiger partial charge in [0.1, 0.15) is 6.10 Å². The zero-order valence-corrected chi connectivity index (χ0v) is 10.7. The van der Waals surface area contributed by atoms with E-state index in [1.54, 1.807) is 6.92 Å². The molecule has 0 amide bonds. The lowest BCUT2D eigenvalue weighted by Crippen LogP contribution is -2.48. The highest BCUT2D eigenvalue weighted by Crippen LogP contribution is 2.33. The summed E-state index contributed by atoms with van der Waals surface area (Å²) in [4.78, 5) is 13.6. The summed E-state index contributed by atoms with van der Waals surface area (Å²) < 4.78 is 5.38. The molecule has 0 aromatic carbocycles. The number of esters is 1. The average Bonchev–Trinajstić information content (AvgIpc) is 2.13. The summed E-state index contributed by atoms with van der Waals surface area (Å²) in [5, 5.41) is 0. The zero-order valence-electron chi connectivity index (χ0n) is 10.7. The summed E-state index contributed by atoms with van der Waals surface area (Å²) >= 11 is 0. The molecule has 90 valence electrons. The van der Waals surface area contributed by atoms with Crippen molar-refractivity contribution in [1.29, 1.82) is 0 Å². The lowest BCUT2D eigenvalue weighted by Gasteiger charge is -2.45. The van der Waals surface area contributed by atoms with Crippen LogP contribution in [0.3, 0.4) is 0 Å². The van der Waals surface area contributed by atoms with Crippen molar-refractivity contribution in [1.82, 2.24) is 4.90 Å². The Morgan fingerprint density at radius 2 is 2.12 bits per heavy atom. The van der Waals surface area contributed by atoms with E-state index in [2.05, 4.69) is 31.9 Å². The molecule has 3 heteroatoms. The molecule has 1 heterocycles. The van der Waals surface area contributed by atoms with Crippen LogP contribution in [0.25, 0.3) is 0 Å². The van der Waals surface area contributed by atoms with Crippen molar-refractivity contribution < 1.29 is 9.53 Å². The van der Waals surface area contributed by atoms with Gasteiger partial charge in [-0.15, -0.1) is 0 Å². The van der Waals surface area contributed by atoms with E-state index in [0.29, 0.717) is 12.0 Å². The molecule has 1 atom stereocenters. The van der Waals surface area contributed by atoms with E-state index in [-0.39, 0.29) is 17.6 Å². The van der Waals surface area contributed by atoms with Gasteiger partial charge in [0.25, 0.3) is 0 Å². The van der Waals surface area contributed by atoms with E-state index in [4.69, 9.17) is 4.74 Å². The third-order valence-corrected chi connectivity index (χ3v) is 3.20. The maximum absolute atomic E-state index is 11.4. The summed E-state index contributed by atoms with van der Waals surface area (Å²) in [5.41, 5.74) is 1.44. The minimum atomic E-state index is -0.307. The summed E-state index contributed by atoms with van der Waals surface area (Å²) in [6, 6.07) is 0. The molecular formula is C13H21NO2. The van der Waals surface area contributed by atoms with Gasteiger partial charge in [-0.3, -0.25) is 0 Å². The molecule has 0 saturated carbocycles. The van der Waals surface area contributed by atoms with E-state index in [1.807, 2.05) is 7.05 Å². The van der Waals surface area contributed by atoms with E-state index < -0.39 is 0 Å². The Morgan fingerprint density at radius 3 is 2.56 bits per heavy atom. The van der Waals surface area contributed by atoms with Gasteiger partial charge in [0.15, 0.2) is 0 Å². The van der Waals surface area contributed by atoms with Crippen molar-refractivity contribution in [2.24, 2.45) is 0 Å². The van der Waals surface area contributed by atoms with Crippen LogP contribution in [0.2, 0.25) is 0 Å². The van der Waals surface area contributed by atoms with Crippen molar-refractivity contribution in [3.05, 3.63) is 24.4 Å². The topological polar surface area (TPSA) is 29.5 Å². The molecule has 16 heavy (non-hydrogen) atoms. The number of hydrogen-bond acceptors (Lipinski definition) is 3. The molecule has 1 rings (SSSR count). The van der Waals surface area contributed by atoms with Gasteiger partial charge in [-0.1, -0.05) is 13.2 Å². The van der Waals surface area contributed by atoms with Crippen LogP contribution in [0.4, 0.5) is 0 Å². The number of rotatable bonds is 2. The van der Waals surface area contributed by atoms with Crippen LogP contribution in [0.15, 0.2) is 24.4 Å². The molecule has 0 N–H and O–H groups in total. The number of piperidine rings is 1. The van der Waals surface area contributed by atoms with Gasteiger partial charge in [-0.05, 0) is 20.8 Å². The van der Waals surface area contributed by atoms with Crippen molar-refractivity contribution in [3.8, 4) is 0 Å². The van der Waals surface area contributed by atoms with Crippen molar-refractivity contribution in [2.45, 2.75) is 45.3 Å². The van der Waals surface area contributed by atoms with Gasteiger partial charge >= 0.3 is 5.97 Å². The Bertz CT molecular complexity index is 331. The number of hydrogen-bond donors (Lipinski definition) is 0. The zero-order chi connectivity index (χ0) is 12.5. The molecule has 3 nitrogen and oxygen atoms in total. The first-order chi connectivity index (χ1) is 7.24. The third kappa shape index (κ3) is 2.65. The van der Waals surface area contributed by atoms with Crippen LogP contribution in [0.5, 0.6) is 0 Å². The van der Waals surface area contributed by atoms with Gasteiger partial charge in [0.2, 0.25) is 0 Å². The smallest absolute Gasteiger partial charge is 0.333 e. The SMILES string of the molecule is C=C(C)C(=O)OC1CC(=C)N(C)C(C)(C)C1. The number of carbonyl (C=O) groups is 1. The number of ether oxygens (including phenoxy) is 1. The van der Waals surface area contributed by atoms with Crippen LogP contribution < -0.4 is 0 Å². The lowest BCUT2D eigenvalue weighted by molar-refractivity contribution is -0.147. The first-order valence-corrected chi connectivity index (χ1v) is 5.52. The summed E-state index contributed by atoms with van der Waals surface area (Å²) in [7, 11) is 2.03. The molecule has 1 aliphatic heterocycles. The maximum atomic E-state index is 11.4. The Kier molecular flexibility index (Phi) is 3.46. The van der Waals surface area contributed by atoms with Gasteiger partial charge in [-0.2, -0.15) is 0 Å². The second-order valence-corrected chi connectivity index (χ2v) is 5.15. The molecule has 1 saturated heterocycles. The number of carbonyl (C=O) groups excluding carboxylic acids is 1. The standard InChI is InChI=1S/C13H21NO2/c1-9(2)12(15)16-11-7-10(3)14(6)13(4,5)8-11/h11H,1,3,7-8H2,2,4-6H3. The number of likely N-dealkylation sites (tertiary alicyclic amines) is 1. The molecular weight excluding hydrogens is 202 g/mol. The molecule has 0 aromatic rings. The molecule has 0 radical (unpaired) electrons. The molecule has 1 fully saturated rings. The monoisotopic (exact) mass is 223 g/mol. The van der Waals surface area contributed by atoms with Crippen LogP contribution in [-0.4, -0.2) is 29.6 Å². The Hall–Kier alpha value is -1.25. The van der Waals surface area contributed by atoms with Crippen molar-refractivity contribution >= 4 is 5.97 Å². The predicted octanol–water partition coefficient (Wildman–Crippen LogP) is 2.49. The predicted molar refractivity (Wildman–Crippen MR) is 64.9 cm³/mol. The van der Waals surface area contributed by atoms with E-state index >= 15 is 0 Å². The molecule has 0 aliphatic carbocycles. The highest BCUT2D eigenvalue weighted by Gasteiger charge is 2.35. The highest BCUT2D eigenvalue weighted by atomic mass is 16.5. The first-order valence-electron chi connectivity index (χ1n) is 5.52. The minimum absolute atomic E-state index is 0.0185. The minimum Gasteiger partial charge on any atom is -0.459 e. The second-order valence-electron chi connectivity index (χ2n) is 5.15. The molecule has 1 unspecified atom stereocenters. The quantitative estimate of drug-likeness (QED) is 0.532. The van der Waals surface area contributed by atoms with Crippen molar-refractivity contribution in [2.75, 3.05) is 7.05 Å². The lowest BCUT2D eigenvalue weighted by atomic mass is 9.87. The van der Waals surface area contributed by atoms with Crippen LogP contribution in [0, 0.1) is 0 Å². The summed E-state index contributed by atoms with van der Waals surface area (Å²) in [6.07, 6.45) is 1.45. The Morgan fingerprint density at radius 1 is 1.56 bits per heavy atom. The average molecular weight is 223 g/mol. The highest BCUT2D eigenvalue weighted by molar-refractivity contribution is 5.87. The molecule has 1 aliphatic rings. The normalized spacial score (nSPS) is 24.1. The largest absolute Gasteiger partial charge is 0.459 e. The van der Waals surface area contributed by atoms with Gasteiger partial charge < -0.3 is 9.64 Å². The maximum Gasteiger partial charge on any atom is 0.333 e. The fraction of sp³-hybridized carbons (Fsp3) is 0.615. The molecule has 0 bridgehead atoms. The first kappa shape index (κ1) is 12.8. The third-order valence-electron chi connectivity index (χ3n) is 3.20. The fourth-order valence-electron chi connectivity index (χ4n) is 1.93. The molecule has 0 spiro atoms. The van der Waals surface area contributed by atoms with Crippen LogP contribution in [0.1, 0.15) is 33.6 Å².